The first kappa shape index (κ1) is 15.6. The van der Waals surface area contributed by atoms with Crippen LogP contribution in [0.25, 0.3) is 0 Å². The first-order chi connectivity index (χ1) is 7.16. The van der Waals surface area contributed by atoms with Crippen LogP contribution in [0.1, 0.15) is 40.5 Å². The molecule has 0 spiro atoms. The van der Waals surface area contributed by atoms with Crippen LogP contribution in [0.15, 0.2) is 0 Å². The fourth-order valence-corrected chi connectivity index (χ4v) is 5.72. The SMILES string of the molecule is CCCC(Br)[Si](OCC)(OCC)OCC. The van der Waals surface area contributed by atoms with E-state index in [1.54, 1.807) is 0 Å². The number of halogens is 1. The van der Waals surface area contributed by atoms with Gasteiger partial charge in [0.2, 0.25) is 0 Å². The highest BCUT2D eigenvalue weighted by Crippen LogP contribution is 2.25. The Labute approximate surface area is 103 Å². The van der Waals surface area contributed by atoms with E-state index in [0.717, 1.165) is 12.8 Å². The molecule has 0 aliphatic heterocycles. The summed E-state index contributed by atoms with van der Waals surface area (Å²) in [6.45, 7) is 9.99. The molecule has 0 saturated carbocycles. The molecule has 1 atom stereocenters. The summed E-state index contributed by atoms with van der Waals surface area (Å²) in [4.78, 5) is 0. The summed E-state index contributed by atoms with van der Waals surface area (Å²) in [5, 5.41) is 0. The van der Waals surface area contributed by atoms with Crippen molar-refractivity contribution in [2.45, 2.75) is 45.0 Å². The van der Waals surface area contributed by atoms with Gasteiger partial charge in [0.1, 0.15) is 0 Å². The predicted octanol–water partition coefficient (Wildman–Crippen LogP) is 3.14. The van der Waals surface area contributed by atoms with E-state index in [-0.39, 0.29) is 4.45 Å². The summed E-state index contributed by atoms with van der Waals surface area (Å²) < 4.78 is 17.5. The van der Waals surface area contributed by atoms with Gasteiger partial charge < -0.3 is 13.3 Å². The van der Waals surface area contributed by atoms with E-state index in [1.165, 1.54) is 0 Å². The molecule has 3 nitrogen and oxygen atoms in total. The third-order valence-corrected chi connectivity index (χ3v) is 7.23. The second-order valence-electron chi connectivity index (χ2n) is 3.16. The lowest BCUT2D eigenvalue weighted by Crippen LogP contribution is -2.54. The molecular weight excluding hydrogens is 276 g/mol. The third-order valence-electron chi connectivity index (χ3n) is 1.96. The molecule has 0 amide bonds. The van der Waals surface area contributed by atoms with Crippen LogP contribution in [-0.4, -0.2) is 33.1 Å². The van der Waals surface area contributed by atoms with Gasteiger partial charge in [0, 0.05) is 19.8 Å². The molecule has 0 aromatic carbocycles. The predicted molar refractivity (Wildman–Crippen MR) is 68.3 cm³/mol. The van der Waals surface area contributed by atoms with Crippen molar-refractivity contribution in [3.63, 3.8) is 0 Å². The van der Waals surface area contributed by atoms with E-state index in [1.807, 2.05) is 20.8 Å². The lowest BCUT2D eigenvalue weighted by Gasteiger charge is -2.32. The van der Waals surface area contributed by atoms with Crippen LogP contribution in [-0.2, 0) is 13.3 Å². The molecule has 0 aliphatic rings. The standard InChI is InChI=1S/C10H23BrO3Si/c1-5-9-10(11)15(12-6-2,13-7-3)14-8-4/h10H,5-9H2,1-4H3. The first-order valence-electron chi connectivity index (χ1n) is 5.72. The van der Waals surface area contributed by atoms with Crippen LogP contribution >= 0.6 is 15.9 Å². The summed E-state index contributed by atoms with van der Waals surface area (Å²) in [7, 11) is -2.50. The molecule has 1 unspecified atom stereocenters. The lowest BCUT2D eigenvalue weighted by atomic mass is 10.4. The molecule has 0 fully saturated rings. The Morgan fingerprint density at radius 3 is 1.60 bits per heavy atom. The van der Waals surface area contributed by atoms with Gasteiger partial charge in [-0.25, -0.2) is 0 Å². The highest BCUT2D eigenvalue weighted by molar-refractivity contribution is 9.10. The van der Waals surface area contributed by atoms with E-state index in [4.69, 9.17) is 13.3 Å². The van der Waals surface area contributed by atoms with Crippen LogP contribution in [0.3, 0.4) is 0 Å². The molecule has 0 aromatic rings. The van der Waals surface area contributed by atoms with E-state index in [9.17, 15) is 0 Å². The molecule has 0 N–H and O–H groups in total. The number of rotatable bonds is 9. The fraction of sp³-hybridized carbons (Fsp3) is 1.00. The molecule has 0 aliphatic carbocycles. The normalized spacial score (nSPS) is 14.2. The van der Waals surface area contributed by atoms with Crippen molar-refractivity contribution >= 4 is 24.7 Å². The van der Waals surface area contributed by atoms with Gasteiger partial charge in [-0.05, 0) is 27.2 Å². The Morgan fingerprint density at radius 2 is 1.33 bits per heavy atom. The maximum Gasteiger partial charge on any atom is 0.515 e. The summed E-state index contributed by atoms with van der Waals surface area (Å²) >= 11 is 3.65. The van der Waals surface area contributed by atoms with Crippen molar-refractivity contribution in [2.24, 2.45) is 0 Å². The van der Waals surface area contributed by atoms with Crippen LogP contribution in [0.4, 0.5) is 0 Å². The summed E-state index contributed by atoms with van der Waals surface area (Å²) in [6.07, 6.45) is 2.12. The van der Waals surface area contributed by atoms with E-state index < -0.39 is 8.80 Å². The van der Waals surface area contributed by atoms with Crippen LogP contribution in [0, 0.1) is 0 Å². The lowest BCUT2D eigenvalue weighted by molar-refractivity contribution is 0.0693. The summed E-state index contributed by atoms with van der Waals surface area (Å²) in [5.41, 5.74) is 0. The number of hydrogen-bond donors (Lipinski definition) is 0. The number of alkyl halides is 1. The Bertz CT molecular complexity index is 141. The van der Waals surface area contributed by atoms with Gasteiger partial charge in [0.25, 0.3) is 0 Å². The minimum absolute atomic E-state index is 0.204. The molecule has 15 heavy (non-hydrogen) atoms. The van der Waals surface area contributed by atoms with Crippen LogP contribution in [0.2, 0.25) is 0 Å². The zero-order chi connectivity index (χ0) is 11.7. The quantitative estimate of drug-likeness (QED) is 0.483. The molecule has 0 aromatic heterocycles. The maximum atomic E-state index is 5.77. The highest BCUT2D eigenvalue weighted by Gasteiger charge is 2.47. The van der Waals surface area contributed by atoms with Crippen molar-refractivity contribution in [3.8, 4) is 0 Å². The van der Waals surface area contributed by atoms with Crippen molar-refractivity contribution in [1.29, 1.82) is 0 Å². The van der Waals surface area contributed by atoms with E-state index in [0.29, 0.717) is 19.8 Å². The smallest absolute Gasteiger partial charge is 0.373 e. The van der Waals surface area contributed by atoms with Crippen molar-refractivity contribution in [1.82, 2.24) is 0 Å². The third kappa shape index (κ3) is 4.95. The minimum Gasteiger partial charge on any atom is -0.373 e. The molecular formula is C10H23BrO3Si. The Kier molecular flexibility index (Phi) is 9.03. The van der Waals surface area contributed by atoms with Gasteiger partial charge in [-0.15, -0.1) is 0 Å². The molecule has 0 radical (unpaired) electrons. The molecule has 92 valence electrons. The monoisotopic (exact) mass is 298 g/mol. The molecule has 0 heterocycles. The maximum absolute atomic E-state index is 5.77. The summed E-state index contributed by atoms with van der Waals surface area (Å²) in [5.74, 6) is 0. The highest BCUT2D eigenvalue weighted by atomic mass is 79.9. The van der Waals surface area contributed by atoms with Gasteiger partial charge in [0.15, 0.2) is 0 Å². The van der Waals surface area contributed by atoms with E-state index in [2.05, 4.69) is 22.9 Å². The second kappa shape index (κ2) is 8.70. The Hall–Kier alpha value is 0.577. The molecule has 0 bridgehead atoms. The van der Waals surface area contributed by atoms with Gasteiger partial charge in [-0.3, -0.25) is 0 Å². The van der Waals surface area contributed by atoms with Crippen molar-refractivity contribution < 1.29 is 13.3 Å². The molecule has 0 saturated heterocycles. The molecule has 5 heteroatoms. The van der Waals surface area contributed by atoms with Gasteiger partial charge in [-0.1, -0.05) is 29.3 Å². The largest absolute Gasteiger partial charge is 0.515 e. The Balaban J connectivity index is 4.57. The van der Waals surface area contributed by atoms with Crippen LogP contribution in [0.5, 0.6) is 0 Å². The summed E-state index contributed by atoms with van der Waals surface area (Å²) in [6, 6.07) is 0. The van der Waals surface area contributed by atoms with Gasteiger partial charge in [0.05, 0.1) is 4.45 Å². The van der Waals surface area contributed by atoms with Crippen molar-refractivity contribution in [3.05, 3.63) is 0 Å². The van der Waals surface area contributed by atoms with Crippen LogP contribution < -0.4 is 0 Å². The average Bonchev–Trinajstić information content (AvgIpc) is 2.19. The topological polar surface area (TPSA) is 27.7 Å². The van der Waals surface area contributed by atoms with Crippen molar-refractivity contribution in [2.75, 3.05) is 19.8 Å². The fourth-order valence-electron chi connectivity index (χ4n) is 1.43. The number of hydrogen-bond acceptors (Lipinski definition) is 3. The molecule has 0 rings (SSSR count). The first-order valence-corrected chi connectivity index (χ1v) is 8.44. The Morgan fingerprint density at radius 1 is 0.933 bits per heavy atom. The zero-order valence-electron chi connectivity index (χ0n) is 10.2. The minimum atomic E-state index is -2.50. The zero-order valence-corrected chi connectivity index (χ0v) is 12.8. The van der Waals surface area contributed by atoms with Gasteiger partial charge in [-0.2, -0.15) is 0 Å². The van der Waals surface area contributed by atoms with E-state index >= 15 is 0 Å². The second-order valence-corrected chi connectivity index (χ2v) is 7.88. The van der Waals surface area contributed by atoms with Gasteiger partial charge >= 0.3 is 8.80 Å². The average molecular weight is 299 g/mol.